The number of phosphoric acid groups is 1. The summed E-state index contributed by atoms with van der Waals surface area (Å²) in [6, 6.07) is 3.31. The second-order valence-electron chi connectivity index (χ2n) is 12.4. The molecular weight excluding hydrogens is 595 g/mol. The minimum absolute atomic E-state index is 0.164. The second kappa shape index (κ2) is 12.8. The number of aromatic nitrogens is 2. The van der Waals surface area contributed by atoms with Gasteiger partial charge in [-0.2, -0.15) is 0 Å². The van der Waals surface area contributed by atoms with E-state index >= 15 is 0 Å². The predicted octanol–water partition coefficient (Wildman–Crippen LogP) is 4.73. The molecule has 0 radical (unpaired) electrons. The topological polar surface area (TPSA) is 161 Å². The van der Waals surface area contributed by atoms with Crippen LogP contribution in [0.25, 0.3) is 0 Å². The maximum Gasteiger partial charge on any atom is 0.530 e. The molecule has 3 atom stereocenters. The van der Waals surface area contributed by atoms with Crippen molar-refractivity contribution in [1.29, 1.82) is 0 Å². The molecule has 2 aliphatic rings. The van der Waals surface area contributed by atoms with Gasteiger partial charge in [0, 0.05) is 28.5 Å². The van der Waals surface area contributed by atoms with Crippen molar-refractivity contribution in [3.63, 3.8) is 0 Å². The Kier molecular flexibility index (Phi) is 9.75. The summed E-state index contributed by atoms with van der Waals surface area (Å²) in [5.41, 5.74) is 0.173. The second-order valence-corrected chi connectivity index (χ2v) is 14.0. The van der Waals surface area contributed by atoms with Crippen LogP contribution in [0.15, 0.2) is 40.1 Å². The molecule has 4 rings (SSSR count). The molecule has 1 aromatic carbocycles. The number of phosphoric ester groups is 1. The van der Waals surface area contributed by atoms with Crippen molar-refractivity contribution >= 4 is 19.8 Å². The van der Waals surface area contributed by atoms with Crippen LogP contribution in [0.1, 0.15) is 83.2 Å². The zero-order chi connectivity index (χ0) is 32.6. The van der Waals surface area contributed by atoms with Crippen LogP contribution >= 0.6 is 7.82 Å². The Morgan fingerprint density at radius 3 is 2.30 bits per heavy atom. The van der Waals surface area contributed by atoms with Gasteiger partial charge < -0.3 is 18.7 Å². The number of H-pyrrole nitrogens is 1. The molecular formula is C30H39N2O11P. The van der Waals surface area contributed by atoms with Crippen LogP contribution < -0.4 is 15.8 Å². The van der Waals surface area contributed by atoms with Crippen molar-refractivity contribution in [1.82, 2.24) is 9.55 Å². The SMILES string of the molecule is Cc1cn([C@H]2C=C[C@@H](CO[P@]3(=O)OCc4cc(C(OC(=O)C(C)C)OC(=O)C(C)C)cc(C(C)(C)C)c4O3)O2)c(=O)[nH]c1=O. The first kappa shape index (κ1) is 33.4. The Labute approximate surface area is 255 Å². The number of carbonyl (C=O) groups is 2. The number of nitrogens with one attached hydrogen (secondary N) is 1. The Morgan fingerprint density at radius 2 is 1.70 bits per heavy atom. The van der Waals surface area contributed by atoms with E-state index in [1.165, 1.54) is 10.8 Å². The maximum atomic E-state index is 13.6. The third-order valence-corrected chi connectivity index (χ3v) is 8.18. The first-order valence-corrected chi connectivity index (χ1v) is 15.8. The van der Waals surface area contributed by atoms with Crippen molar-refractivity contribution in [2.24, 2.45) is 11.8 Å². The zero-order valence-corrected chi connectivity index (χ0v) is 27.0. The summed E-state index contributed by atoms with van der Waals surface area (Å²) in [6.45, 7) is 13.7. The van der Waals surface area contributed by atoms with Crippen molar-refractivity contribution in [2.75, 3.05) is 6.61 Å². The van der Waals surface area contributed by atoms with E-state index < -0.39 is 66.9 Å². The number of hydrogen-bond donors (Lipinski definition) is 1. The molecule has 0 saturated carbocycles. The number of hydrogen-bond acceptors (Lipinski definition) is 11. The number of rotatable bonds is 9. The Morgan fingerprint density at radius 1 is 1.07 bits per heavy atom. The van der Waals surface area contributed by atoms with Gasteiger partial charge >= 0.3 is 25.5 Å². The molecule has 0 aliphatic carbocycles. The van der Waals surface area contributed by atoms with E-state index in [1.807, 2.05) is 20.8 Å². The lowest BCUT2D eigenvalue weighted by Gasteiger charge is -2.32. The molecule has 0 bridgehead atoms. The van der Waals surface area contributed by atoms with Gasteiger partial charge in [0.2, 0.25) is 0 Å². The molecule has 1 aromatic heterocycles. The monoisotopic (exact) mass is 634 g/mol. The summed E-state index contributed by atoms with van der Waals surface area (Å²) in [4.78, 5) is 51.2. The van der Waals surface area contributed by atoms with Crippen LogP contribution in [0.2, 0.25) is 0 Å². The van der Waals surface area contributed by atoms with Crippen molar-refractivity contribution in [2.45, 2.75) is 86.0 Å². The van der Waals surface area contributed by atoms with Gasteiger partial charge in [0.25, 0.3) is 11.8 Å². The number of carbonyl (C=O) groups excluding carboxylic acids is 2. The van der Waals surface area contributed by atoms with Crippen LogP contribution in [0.4, 0.5) is 0 Å². The molecule has 0 fully saturated rings. The lowest BCUT2D eigenvalue weighted by Crippen LogP contribution is -2.33. The van der Waals surface area contributed by atoms with E-state index in [0.717, 1.165) is 0 Å². The van der Waals surface area contributed by atoms with Crippen LogP contribution in [-0.2, 0) is 49.4 Å². The van der Waals surface area contributed by atoms with E-state index in [-0.39, 0.29) is 19.0 Å². The van der Waals surface area contributed by atoms with Gasteiger partial charge in [-0.15, -0.1) is 0 Å². The van der Waals surface area contributed by atoms with E-state index in [9.17, 15) is 23.7 Å². The van der Waals surface area contributed by atoms with Crippen LogP contribution in [0.3, 0.4) is 0 Å². The maximum absolute atomic E-state index is 13.6. The number of benzene rings is 1. The summed E-state index contributed by atoms with van der Waals surface area (Å²) >= 11 is 0. The molecule has 0 spiro atoms. The molecule has 14 heteroatoms. The predicted molar refractivity (Wildman–Crippen MR) is 158 cm³/mol. The number of nitrogens with zero attached hydrogens (tertiary/aromatic N) is 1. The van der Waals surface area contributed by atoms with E-state index in [4.69, 9.17) is 27.8 Å². The van der Waals surface area contributed by atoms with Gasteiger partial charge in [-0.25, -0.2) is 9.36 Å². The lowest BCUT2D eigenvalue weighted by atomic mass is 9.84. The standard InChI is InChI=1S/C30H39N2O11P/c1-16(2)26(34)41-28(42-27(35)17(3)4)19-11-20-14-38-44(37,43-24(20)22(12-19)30(6,7)8)39-15-21-9-10-23(40-21)32-13-18(5)25(33)31-29(32)36/h9-13,16-17,21,23,28H,14-15H2,1-8H3,(H,31,33,36)/t21-,23+,44-/m0/s1. The van der Waals surface area contributed by atoms with E-state index in [1.54, 1.807) is 58.9 Å². The molecule has 3 heterocycles. The van der Waals surface area contributed by atoms with Crippen LogP contribution in [0.5, 0.6) is 5.75 Å². The molecule has 13 nitrogen and oxygen atoms in total. The first-order chi connectivity index (χ1) is 20.5. The van der Waals surface area contributed by atoms with Gasteiger partial charge in [-0.05, 0) is 30.5 Å². The number of aryl methyl sites for hydroxylation is 1. The highest BCUT2D eigenvalue weighted by atomic mass is 31.2. The average molecular weight is 635 g/mol. The van der Waals surface area contributed by atoms with Crippen molar-refractivity contribution < 1.29 is 41.9 Å². The molecule has 0 saturated heterocycles. The zero-order valence-electron chi connectivity index (χ0n) is 26.1. The summed E-state index contributed by atoms with van der Waals surface area (Å²) < 4.78 is 48.9. The van der Waals surface area contributed by atoms with Gasteiger partial charge in [0.15, 0.2) is 6.23 Å². The Hall–Kier alpha value is -3.51. The number of esters is 2. The summed E-state index contributed by atoms with van der Waals surface area (Å²) in [7, 11) is -4.12. The summed E-state index contributed by atoms with van der Waals surface area (Å²) in [5.74, 6) is -1.72. The normalized spacial score (nSPS) is 21.4. The summed E-state index contributed by atoms with van der Waals surface area (Å²) in [6.07, 6.45) is 1.87. The Balaban J connectivity index is 1.54. The van der Waals surface area contributed by atoms with Gasteiger partial charge in [-0.1, -0.05) is 54.5 Å². The molecule has 2 aromatic rings. The number of fused-ring (bicyclic) bond motifs is 1. The van der Waals surface area contributed by atoms with Crippen LogP contribution in [-0.4, -0.2) is 34.2 Å². The third-order valence-electron chi connectivity index (χ3n) is 6.86. The number of aromatic amines is 1. The minimum Gasteiger partial charge on any atom is -0.420 e. The Bertz CT molecular complexity index is 1590. The largest absolute Gasteiger partial charge is 0.530 e. The highest BCUT2D eigenvalue weighted by molar-refractivity contribution is 7.49. The third kappa shape index (κ3) is 7.58. The minimum atomic E-state index is -4.12. The summed E-state index contributed by atoms with van der Waals surface area (Å²) in [5, 5.41) is 0. The molecule has 44 heavy (non-hydrogen) atoms. The van der Waals surface area contributed by atoms with Gasteiger partial charge in [0.1, 0.15) is 11.9 Å². The highest BCUT2D eigenvalue weighted by Crippen LogP contribution is 2.57. The smallest absolute Gasteiger partial charge is 0.420 e. The molecule has 0 unspecified atom stereocenters. The molecule has 240 valence electrons. The lowest BCUT2D eigenvalue weighted by molar-refractivity contribution is -0.194. The van der Waals surface area contributed by atoms with Crippen LogP contribution in [0, 0.1) is 18.8 Å². The molecule has 1 N–H and O–H groups in total. The highest BCUT2D eigenvalue weighted by Gasteiger charge is 2.40. The fourth-order valence-electron chi connectivity index (χ4n) is 4.30. The van der Waals surface area contributed by atoms with Gasteiger partial charge in [-0.3, -0.25) is 33.0 Å². The fourth-order valence-corrected chi connectivity index (χ4v) is 5.54. The van der Waals surface area contributed by atoms with Crippen molar-refractivity contribution in [3.05, 3.63) is 73.6 Å². The average Bonchev–Trinajstić information content (AvgIpc) is 3.41. The molecule has 0 amide bonds. The first-order valence-electron chi connectivity index (χ1n) is 14.3. The van der Waals surface area contributed by atoms with E-state index in [0.29, 0.717) is 22.3 Å². The fraction of sp³-hybridized carbons (Fsp3) is 0.533. The van der Waals surface area contributed by atoms with E-state index in [2.05, 4.69) is 4.98 Å². The van der Waals surface area contributed by atoms with Crippen molar-refractivity contribution in [3.8, 4) is 5.75 Å². The van der Waals surface area contributed by atoms with Gasteiger partial charge in [0.05, 0.1) is 25.0 Å². The molecule has 2 aliphatic heterocycles. The quantitative estimate of drug-likeness (QED) is 0.176. The number of ether oxygens (including phenoxy) is 3.